The minimum atomic E-state index is -0.605. The standard InChI is InChI=1S/C20H25Cl2N5O3/c1-25-16-17(24-19(25)23-12-4-3-5-13(28)9-12)26(2)20(30)27(18(16)29)10-11-6-7-14(21)15(22)8-11/h6-8,12-13,16-17,28H,3-5,9-10H2,1-2H3,(H,23,24)/t12?,13-,16?,17?/m0/s1. The third-order valence-corrected chi connectivity index (χ3v) is 6.78. The summed E-state index contributed by atoms with van der Waals surface area (Å²) in [6.45, 7) is 0.105. The van der Waals surface area contributed by atoms with Crippen molar-refractivity contribution < 1.29 is 14.7 Å². The number of aliphatic imine (C=N–C) groups is 1. The van der Waals surface area contributed by atoms with E-state index in [1.807, 2.05) is 0 Å². The molecule has 1 aliphatic carbocycles. The van der Waals surface area contributed by atoms with E-state index in [0.29, 0.717) is 28.0 Å². The third-order valence-electron chi connectivity index (χ3n) is 6.04. The summed E-state index contributed by atoms with van der Waals surface area (Å²) < 4.78 is 0. The minimum Gasteiger partial charge on any atom is -0.393 e. The first-order valence-corrected chi connectivity index (χ1v) is 10.8. The van der Waals surface area contributed by atoms with Gasteiger partial charge in [0.15, 0.2) is 18.2 Å². The summed E-state index contributed by atoms with van der Waals surface area (Å²) in [6.07, 6.45) is 2.43. The van der Waals surface area contributed by atoms with Crippen LogP contribution in [0.5, 0.6) is 0 Å². The molecule has 3 amide bonds. The van der Waals surface area contributed by atoms with E-state index >= 15 is 0 Å². The molecule has 0 aromatic heterocycles. The molecule has 30 heavy (non-hydrogen) atoms. The number of aliphatic hydroxyl groups is 1. The van der Waals surface area contributed by atoms with Crippen LogP contribution in [0.2, 0.25) is 10.0 Å². The van der Waals surface area contributed by atoms with Gasteiger partial charge in [-0.15, -0.1) is 0 Å². The number of amides is 3. The number of hydrogen-bond donors (Lipinski definition) is 2. The number of imide groups is 1. The lowest BCUT2D eigenvalue weighted by Gasteiger charge is -2.40. The lowest BCUT2D eigenvalue weighted by atomic mass is 9.93. The first kappa shape index (κ1) is 21.2. The predicted molar refractivity (Wildman–Crippen MR) is 114 cm³/mol. The molecule has 2 fully saturated rings. The number of urea groups is 1. The van der Waals surface area contributed by atoms with Crippen molar-refractivity contribution in [3.63, 3.8) is 0 Å². The molecular weight excluding hydrogens is 429 g/mol. The highest BCUT2D eigenvalue weighted by Crippen LogP contribution is 2.29. The van der Waals surface area contributed by atoms with Crippen molar-refractivity contribution in [2.45, 2.75) is 56.6 Å². The minimum absolute atomic E-state index is 0.0959. The quantitative estimate of drug-likeness (QED) is 0.732. The summed E-state index contributed by atoms with van der Waals surface area (Å²) in [7, 11) is 3.45. The second kappa shape index (κ2) is 8.24. The van der Waals surface area contributed by atoms with E-state index in [9.17, 15) is 14.7 Å². The first-order valence-electron chi connectivity index (χ1n) is 10.0. The Morgan fingerprint density at radius 1 is 1.17 bits per heavy atom. The highest BCUT2D eigenvalue weighted by atomic mass is 35.5. The third kappa shape index (κ3) is 3.84. The van der Waals surface area contributed by atoms with Crippen LogP contribution in [0.4, 0.5) is 4.79 Å². The molecule has 162 valence electrons. The Labute approximate surface area is 185 Å². The number of carbonyl (C=O) groups excluding carboxylic acids is 2. The monoisotopic (exact) mass is 453 g/mol. The summed E-state index contributed by atoms with van der Waals surface area (Å²) in [5.74, 6) is 0.273. The average molecular weight is 454 g/mol. The molecule has 4 atom stereocenters. The number of nitrogens with one attached hydrogen (secondary N) is 1. The highest BCUT2D eigenvalue weighted by molar-refractivity contribution is 6.42. The molecule has 3 unspecified atom stereocenters. The highest BCUT2D eigenvalue weighted by Gasteiger charge is 2.51. The van der Waals surface area contributed by atoms with Crippen molar-refractivity contribution >= 4 is 41.1 Å². The number of aliphatic hydroxyl groups excluding tert-OH is 1. The number of guanidine groups is 1. The molecule has 2 heterocycles. The van der Waals surface area contributed by atoms with Gasteiger partial charge in [-0.1, -0.05) is 29.3 Å². The molecule has 0 radical (unpaired) electrons. The Morgan fingerprint density at radius 2 is 1.93 bits per heavy atom. The fourth-order valence-corrected chi connectivity index (χ4v) is 4.67. The second-order valence-electron chi connectivity index (χ2n) is 8.15. The van der Waals surface area contributed by atoms with Gasteiger partial charge in [-0.25, -0.2) is 9.79 Å². The number of likely N-dealkylation sites (N-methyl/N-ethyl adjacent to an activating group) is 2. The van der Waals surface area contributed by atoms with Crippen LogP contribution in [0.1, 0.15) is 31.2 Å². The van der Waals surface area contributed by atoms with Gasteiger partial charge in [0, 0.05) is 20.1 Å². The molecule has 1 saturated carbocycles. The molecule has 1 aromatic carbocycles. The topological polar surface area (TPSA) is 88.5 Å². The largest absolute Gasteiger partial charge is 0.393 e. The summed E-state index contributed by atoms with van der Waals surface area (Å²) in [5.41, 5.74) is 0.717. The van der Waals surface area contributed by atoms with Gasteiger partial charge < -0.3 is 20.2 Å². The fraction of sp³-hybridized carbons (Fsp3) is 0.550. The molecule has 8 nitrogen and oxygen atoms in total. The van der Waals surface area contributed by atoms with Crippen molar-refractivity contribution in [1.29, 1.82) is 0 Å². The maximum Gasteiger partial charge on any atom is 0.328 e. The zero-order valence-electron chi connectivity index (χ0n) is 16.9. The smallest absolute Gasteiger partial charge is 0.328 e. The van der Waals surface area contributed by atoms with Gasteiger partial charge >= 0.3 is 6.03 Å². The molecule has 3 aliphatic rings. The summed E-state index contributed by atoms with van der Waals surface area (Å²) in [6, 6.07) is 4.14. The van der Waals surface area contributed by atoms with Gasteiger partial charge in [0.25, 0.3) is 5.91 Å². The van der Waals surface area contributed by atoms with E-state index in [2.05, 4.69) is 10.3 Å². The van der Waals surface area contributed by atoms with Gasteiger partial charge in [-0.3, -0.25) is 9.69 Å². The molecular formula is C20H25Cl2N5O3. The second-order valence-corrected chi connectivity index (χ2v) is 8.96. The number of carbonyl (C=O) groups is 2. The Balaban J connectivity index is 1.52. The van der Waals surface area contributed by atoms with E-state index in [4.69, 9.17) is 23.2 Å². The zero-order valence-corrected chi connectivity index (χ0v) is 18.4. The molecule has 1 aromatic rings. The summed E-state index contributed by atoms with van der Waals surface area (Å²) in [5, 5.41) is 14.1. The molecule has 1 saturated heterocycles. The van der Waals surface area contributed by atoms with Crippen LogP contribution >= 0.6 is 23.2 Å². The van der Waals surface area contributed by atoms with E-state index < -0.39 is 18.2 Å². The van der Waals surface area contributed by atoms with Gasteiger partial charge in [0.2, 0.25) is 0 Å². The number of benzene rings is 1. The van der Waals surface area contributed by atoms with Gasteiger partial charge in [0.1, 0.15) is 0 Å². The maximum atomic E-state index is 13.3. The lowest BCUT2D eigenvalue weighted by molar-refractivity contribution is -0.137. The number of rotatable bonds is 3. The molecule has 0 bridgehead atoms. The normalized spacial score (nSPS) is 29.2. The van der Waals surface area contributed by atoms with Crippen molar-refractivity contribution in [2.24, 2.45) is 4.99 Å². The van der Waals surface area contributed by atoms with Crippen LogP contribution in [0.25, 0.3) is 0 Å². The van der Waals surface area contributed by atoms with Crippen LogP contribution in [0.15, 0.2) is 23.2 Å². The average Bonchev–Trinajstić information content (AvgIpc) is 3.03. The van der Waals surface area contributed by atoms with Gasteiger partial charge in [-0.05, 0) is 43.4 Å². The first-order chi connectivity index (χ1) is 14.3. The summed E-state index contributed by atoms with van der Waals surface area (Å²) in [4.78, 5) is 35.3. The van der Waals surface area contributed by atoms with Crippen LogP contribution in [-0.4, -0.2) is 76.2 Å². The van der Waals surface area contributed by atoms with Crippen LogP contribution in [0.3, 0.4) is 0 Å². The van der Waals surface area contributed by atoms with E-state index in [1.54, 1.807) is 37.2 Å². The number of hydrogen-bond acceptors (Lipinski definition) is 6. The van der Waals surface area contributed by atoms with Gasteiger partial charge in [-0.2, -0.15) is 0 Å². The van der Waals surface area contributed by atoms with Crippen molar-refractivity contribution in [3.8, 4) is 0 Å². The molecule has 2 N–H and O–H groups in total. The maximum absolute atomic E-state index is 13.3. The van der Waals surface area contributed by atoms with Crippen LogP contribution in [-0.2, 0) is 11.3 Å². The number of fused-ring (bicyclic) bond motifs is 1. The van der Waals surface area contributed by atoms with Crippen molar-refractivity contribution in [3.05, 3.63) is 33.8 Å². The van der Waals surface area contributed by atoms with E-state index in [1.165, 1.54) is 9.80 Å². The van der Waals surface area contributed by atoms with Gasteiger partial charge in [0.05, 0.1) is 22.7 Å². The Morgan fingerprint density at radius 3 is 2.63 bits per heavy atom. The summed E-state index contributed by atoms with van der Waals surface area (Å²) >= 11 is 12.1. The lowest BCUT2D eigenvalue weighted by Crippen LogP contribution is -2.64. The molecule has 2 aliphatic heterocycles. The molecule has 4 rings (SSSR count). The number of nitrogens with zero attached hydrogens (tertiary/aromatic N) is 4. The van der Waals surface area contributed by atoms with Crippen LogP contribution < -0.4 is 5.32 Å². The zero-order chi connectivity index (χ0) is 21.6. The SMILES string of the molecule is CN1C(=O)N(Cc2ccc(Cl)c(Cl)c2)C(=O)C2C1N=C(NC1CCC[C@H](O)C1)N2C. The Kier molecular flexibility index (Phi) is 5.83. The van der Waals surface area contributed by atoms with Crippen molar-refractivity contribution in [2.75, 3.05) is 14.1 Å². The number of halogens is 2. The fourth-order valence-electron chi connectivity index (χ4n) is 4.35. The molecule has 0 spiro atoms. The Bertz CT molecular complexity index is 895. The van der Waals surface area contributed by atoms with Crippen molar-refractivity contribution in [1.82, 2.24) is 20.0 Å². The van der Waals surface area contributed by atoms with Crippen LogP contribution in [0, 0.1) is 0 Å². The van der Waals surface area contributed by atoms with E-state index in [-0.39, 0.29) is 24.6 Å². The predicted octanol–water partition coefficient (Wildman–Crippen LogP) is 2.28. The molecule has 10 heteroatoms. The van der Waals surface area contributed by atoms with E-state index in [0.717, 1.165) is 19.3 Å². The Hall–Kier alpha value is -2.03.